The summed E-state index contributed by atoms with van der Waals surface area (Å²) in [5, 5.41) is 0. The molecule has 53 valence electrons. The molecule has 0 aromatic rings. The smallest absolute Gasteiger partial charge is 0.282 e. The summed E-state index contributed by atoms with van der Waals surface area (Å²) in [5.74, 6) is 0. The van der Waals surface area contributed by atoms with Crippen molar-refractivity contribution in [3.8, 4) is 0 Å². The van der Waals surface area contributed by atoms with Crippen molar-refractivity contribution in [1.29, 1.82) is 0 Å². The van der Waals surface area contributed by atoms with Gasteiger partial charge in [0.1, 0.15) is 6.10 Å². The lowest BCUT2D eigenvalue weighted by Crippen LogP contribution is -2.22. The van der Waals surface area contributed by atoms with Gasteiger partial charge in [0.15, 0.2) is 0 Å². The maximum absolute atomic E-state index is 11.3. The molecule has 0 unspecified atom stereocenters. The van der Waals surface area contributed by atoms with E-state index in [9.17, 15) is 13.2 Å². The monoisotopic (exact) mass is 139 g/mol. The molecule has 1 radical (unpaired) electrons. The summed E-state index contributed by atoms with van der Waals surface area (Å²) in [4.78, 5) is 0. The Morgan fingerprint density at radius 1 is 1.22 bits per heavy atom. The van der Waals surface area contributed by atoms with Crippen molar-refractivity contribution in [2.75, 3.05) is 0 Å². The Hall–Kier alpha value is -0.250. The lowest BCUT2D eigenvalue weighted by Gasteiger charge is -2.24. The van der Waals surface area contributed by atoms with Gasteiger partial charge < -0.3 is 0 Å². The van der Waals surface area contributed by atoms with Gasteiger partial charge in [0.2, 0.25) is 0 Å². The number of hydrogen-bond donors (Lipinski definition) is 0. The summed E-state index contributed by atoms with van der Waals surface area (Å²) in [6, 6.07) is 0. The summed E-state index contributed by atoms with van der Waals surface area (Å²) >= 11 is 0. The van der Waals surface area contributed by atoms with Gasteiger partial charge >= 0.3 is 6.36 Å². The Bertz CT molecular complexity index is 94.9. The number of rotatable bonds is 1. The molecular formula is C5H6F3O. The predicted octanol–water partition coefficient (Wildman–Crippen LogP) is 2.24. The van der Waals surface area contributed by atoms with Crippen molar-refractivity contribution >= 4 is 0 Å². The zero-order valence-corrected chi connectivity index (χ0v) is 4.66. The Kier molecular flexibility index (Phi) is 1.66. The van der Waals surface area contributed by atoms with Gasteiger partial charge in [0.25, 0.3) is 0 Å². The second-order valence-electron chi connectivity index (χ2n) is 1.94. The van der Waals surface area contributed by atoms with E-state index in [1.165, 1.54) is 0 Å². The van der Waals surface area contributed by atoms with E-state index < -0.39 is 6.36 Å². The molecule has 1 saturated carbocycles. The first kappa shape index (κ1) is 6.86. The highest BCUT2D eigenvalue weighted by atomic mass is 19.4. The van der Waals surface area contributed by atoms with Crippen molar-refractivity contribution in [1.82, 2.24) is 0 Å². The van der Waals surface area contributed by atoms with Crippen LogP contribution in [0.2, 0.25) is 0 Å². The molecule has 1 aliphatic rings. The second kappa shape index (κ2) is 2.17. The first-order valence-corrected chi connectivity index (χ1v) is 2.68. The van der Waals surface area contributed by atoms with Crippen LogP contribution in [0.3, 0.4) is 0 Å². The minimum Gasteiger partial charge on any atom is -0.282 e. The molecule has 0 atom stereocenters. The molecule has 1 aliphatic carbocycles. The molecule has 0 bridgehead atoms. The number of alkyl halides is 3. The first-order chi connectivity index (χ1) is 4.08. The minimum absolute atomic E-state index is 0.169. The molecule has 0 amide bonds. The van der Waals surface area contributed by atoms with Crippen molar-refractivity contribution in [3.05, 3.63) is 6.10 Å². The van der Waals surface area contributed by atoms with Crippen molar-refractivity contribution < 1.29 is 17.9 Å². The zero-order valence-electron chi connectivity index (χ0n) is 4.66. The Labute approximate surface area is 50.8 Å². The van der Waals surface area contributed by atoms with Gasteiger partial charge in [-0.1, -0.05) is 0 Å². The van der Waals surface area contributed by atoms with Gasteiger partial charge in [-0.15, -0.1) is 13.2 Å². The summed E-state index contributed by atoms with van der Waals surface area (Å²) < 4.78 is 37.4. The van der Waals surface area contributed by atoms with Gasteiger partial charge in [-0.2, -0.15) is 0 Å². The normalized spacial score (nSPS) is 21.7. The van der Waals surface area contributed by atoms with E-state index in [0.717, 1.165) is 6.42 Å². The lowest BCUT2D eigenvalue weighted by molar-refractivity contribution is -0.326. The van der Waals surface area contributed by atoms with Gasteiger partial charge in [0, 0.05) is 0 Å². The van der Waals surface area contributed by atoms with Crippen LogP contribution >= 0.6 is 0 Å². The molecule has 0 spiro atoms. The van der Waals surface area contributed by atoms with Crippen LogP contribution in [0.4, 0.5) is 13.2 Å². The topological polar surface area (TPSA) is 9.23 Å². The molecule has 0 N–H and O–H groups in total. The fourth-order valence-corrected chi connectivity index (χ4v) is 0.587. The van der Waals surface area contributed by atoms with E-state index in [1.54, 1.807) is 0 Å². The number of halogens is 3. The predicted molar refractivity (Wildman–Crippen MR) is 24.2 cm³/mol. The van der Waals surface area contributed by atoms with Crippen LogP contribution < -0.4 is 0 Å². The van der Waals surface area contributed by atoms with Gasteiger partial charge in [-0.25, -0.2) is 0 Å². The summed E-state index contributed by atoms with van der Waals surface area (Å²) in [6.07, 6.45) is -2.53. The van der Waals surface area contributed by atoms with Gasteiger partial charge in [0.05, 0.1) is 0 Å². The van der Waals surface area contributed by atoms with Crippen LogP contribution in [0, 0.1) is 6.10 Å². The molecule has 0 heterocycles. The third kappa shape index (κ3) is 2.22. The van der Waals surface area contributed by atoms with E-state index in [-0.39, 0.29) is 6.10 Å². The minimum atomic E-state index is -4.46. The van der Waals surface area contributed by atoms with E-state index >= 15 is 0 Å². The van der Waals surface area contributed by atoms with Crippen molar-refractivity contribution in [2.45, 2.75) is 25.6 Å². The molecule has 0 aliphatic heterocycles. The van der Waals surface area contributed by atoms with Crippen LogP contribution in [0.1, 0.15) is 19.3 Å². The van der Waals surface area contributed by atoms with Gasteiger partial charge in [-0.05, 0) is 19.3 Å². The summed E-state index contributed by atoms with van der Waals surface area (Å²) in [7, 11) is 0. The summed E-state index contributed by atoms with van der Waals surface area (Å²) in [5.41, 5.74) is 0. The van der Waals surface area contributed by atoms with Crippen molar-refractivity contribution in [3.63, 3.8) is 0 Å². The Morgan fingerprint density at radius 2 is 1.78 bits per heavy atom. The average molecular weight is 139 g/mol. The maximum Gasteiger partial charge on any atom is 0.523 e. The Morgan fingerprint density at radius 3 is 1.89 bits per heavy atom. The van der Waals surface area contributed by atoms with Crippen LogP contribution in [-0.2, 0) is 4.74 Å². The highest BCUT2D eigenvalue weighted by Crippen LogP contribution is 2.35. The fraction of sp³-hybridized carbons (Fsp3) is 0.800. The van der Waals surface area contributed by atoms with Crippen LogP contribution in [0.15, 0.2) is 0 Å². The first-order valence-electron chi connectivity index (χ1n) is 2.68. The van der Waals surface area contributed by atoms with Crippen molar-refractivity contribution in [2.24, 2.45) is 0 Å². The summed E-state index contributed by atoms with van der Waals surface area (Å²) in [6.45, 7) is 0. The quantitative estimate of drug-likeness (QED) is 0.541. The van der Waals surface area contributed by atoms with E-state index in [1.807, 2.05) is 0 Å². The third-order valence-corrected chi connectivity index (χ3v) is 1.17. The maximum atomic E-state index is 11.3. The molecule has 1 nitrogen and oxygen atoms in total. The largest absolute Gasteiger partial charge is 0.523 e. The molecular weight excluding hydrogens is 133 g/mol. The molecule has 0 aromatic heterocycles. The average Bonchev–Trinajstić information content (AvgIpc) is 1.53. The molecule has 1 fully saturated rings. The van der Waals surface area contributed by atoms with Gasteiger partial charge in [-0.3, -0.25) is 4.74 Å². The van der Waals surface area contributed by atoms with Crippen LogP contribution in [0.25, 0.3) is 0 Å². The standard InChI is InChI=1S/C5H6F3O/c6-5(7,8)9-4-2-1-3-4/h1-3H2. The van der Waals surface area contributed by atoms with Crippen LogP contribution in [-0.4, -0.2) is 6.36 Å². The SMILES string of the molecule is FC(F)(F)O[C]1CCC1. The molecule has 1 rings (SSSR count). The number of hydrogen-bond acceptors (Lipinski definition) is 1. The highest BCUT2D eigenvalue weighted by molar-refractivity contribution is 4.88. The molecule has 0 aromatic carbocycles. The van der Waals surface area contributed by atoms with Crippen LogP contribution in [0.5, 0.6) is 0 Å². The van der Waals surface area contributed by atoms with E-state index in [0.29, 0.717) is 12.8 Å². The molecule has 0 saturated heterocycles. The Balaban J connectivity index is 2.16. The fourth-order valence-electron chi connectivity index (χ4n) is 0.587. The third-order valence-electron chi connectivity index (χ3n) is 1.17. The molecule has 9 heavy (non-hydrogen) atoms. The van der Waals surface area contributed by atoms with E-state index in [2.05, 4.69) is 4.74 Å². The number of ether oxygens (including phenoxy) is 1. The lowest BCUT2D eigenvalue weighted by atomic mass is 9.96. The second-order valence-corrected chi connectivity index (χ2v) is 1.94. The highest BCUT2D eigenvalue weighted by Gasteiger charge is 2.36. The van der Waals surface area contributed by atoms with E-state index in [4.69, 9.17) is 0 Å². The molecule has 4 heteroatoms. The zero-order chi connectivity index (χ0) is 6.91.